The van der Waals surface area contributed by atoms with Crippen LogP contribution >= 0.6 is 0 Å². The first kappa shape index (κ1) is 14.8. The number of hydrogen-bond donors (Lipinski definition) is 1. The van der Waals surface area contributed by atoms with E-state index in [1.165, 1.54) is 0 Å². The number of nitrogens with zero attached hydrogens (tertiary/aromatic N) is 1. The summed E-state index contributed by atoms with van der Waals surface area (Å²) in [6, 6.07) is 7.95. The molecule has 4 heteroatoms. The summed E-state index contributed by atoms with van der Waals surface area (Å²) in [5, 5.41) is 10.8. The van der Waals surface area contributed by atoms with E-state index >= 15 is 0 Å². The quantitative estimate of drug-likeness (QED) is 0.747. The van der Waals surface area contributed by atoms with Crippen molar-refractivity contribution >= 4 is 11.8 Å². The molecule has 122 valence electrons. The highest BCUT2D eigenvalue weighted by Crippen LogP contribution is 2.75. The van der Waals surface area contributed by atoms with Gasteiger partial charge >= 0.3 is 6.09 Å². The number of ether oxygens (including phenoxy) is 1. The Balaban J connectivity index is 1.87. The van der Waals surface area contributed by atoms with Crippen molar-refractivity contribution in [3.8, 4) is 0 Å². The molecule has 0 bridgehead atoms. The van der Waals surface area contributed by atoms with Crippen molar-refractivity contribution in [1.29, 1.82) is 0 Å². The van der Waals surface area contributed by atoms with Crippen molar-refractivity contribution < 1.29 is 14.6 Å². The summed E-state index contributed by atoms with van der Waals surface area (Å²) in [4.78, 5) is 14.7. The Morgan fingerprint density at radius 1 is 1.35 bits per heavy atom. The molecule has 4 nitrogen and oxygen atoms in total. The molecule has 2 aliphatic carbocycles. The van der Waals surface area contributed by atoms with Crippen LogP contribution in [0, 0.1) is 5.92 Å². The first-order chi connectivity index (χ1) is 10.7. The van der Waals surface area contributed by atoms with Gasteiger partial charge in [0.1, 0.15) is 5.60 Å². The molecule has 23 heavy (non-hydrogen) atoms. The number of anilines is 1. The van der Waals surface area contributed by atoms with Crippen LogP contribution in [-0.4, -0.2) is 28.4 Å². The van der Waals surface area contributed by atoms with Gasteiger partial charge in [0.25, 0.3) is 0 Å². The summed E-state index contributed by atoms with van der Waals surface area (Å²) < 4.78 is 5.66. The third-order valence-corrected chi connectivity index (χ3v) is 5.69. The summed E-state index contributed by atoms with van der Waals surface area (Å²) in [7, 11) is 0. The zero-order valence-corrected chi connectivity index (χ0v) is 14.0. The summed E-state index contributed by atoms with van der Waals surface area (Å²) in [5.74, 6) is 0.140. The molecule has 1 fully saturated rings. The molecule has 1 heterocycles. The minimum Gasteiger partial charge on any atom is -0.443 e. The van der Waals surface area contributed by atoms with Crippen molar-refractivity contribution in [2.24, 2.45) is 5.92 Å². The van der Waals surface area contributed by atoms with Crippen LogP contribution in [0.15, 0.2) is 36.4 Å². The van der Waals surface area contributed by atoms with E-state index in [9.17, 15) is 9.90 Å². The van der Waals surface area contributed by atoms with E-state index in [0.717, 1.165) is 11.3 Å². The van der Waals surface area contributed by atoms with Gasteiger partial charge in [0.05, 0.1) is 17.3 Å². The number of para-hydroxylation sites is 1. The number of rotatable bonds is 0. The predicted molar refractivity (Wildman–Crippen MR) is 88.5 cm³/mol. The first-order valence-corrected chi connectivity index (χ1v) is 8.22. The smallest absolute Gasteiger partial charge is 0.415 e. The predicted octanol–water partition coefficient (Wildman–Crippen LogP) is 3.39. The molecule has 0 unspecified atom stereocenters. The maximum Gasteiger partial charge on any atom is 0.415 e. The summed E-state index contributed by atoms with van der Waals surface area (Å²) in [5.41, 5.74) is 0.582. The normalized spacial score (nSPS) is 37.0. The largest absolute Gasteiger partial charge is 0.443 e. The Morgan fingerprint density at radius 3 is 2.74 bits per heavy atom. The van der Waals surface area contributed by atoms with Gasteiger partial charge in [0, 0.05) is 11.3 Å². The van der Waals surface area contributed by atoms with Gasteiger partial charge in [-0.3, -0.25) is 4.90 Å². The number of carbonyl (C=O) groups excluding carboxylic acids is 1. The highest BCUT2D eigenvalue weighted by Gasteiger charge is 2.84. The standard InChI is InChI=1S/C19H23NO3/c1-17(2,3)23-16(22)20-13-9-6-5-8-12(13)18(4)14-10-7-11-15(21)19(14,18)20/h5-10,14-15,21H,11H2,1-4H3/t14-,15+,18-,19-/m0/s1. The fourth-order valence-corrected chi connectivity index (χ4v) is 4.85. The van der Waals surface area contributed by atoms with E-state index < -0.39 is 17.2 Å². The summed E-state index contributed by atoms with van der Waals surface area (Å²) in [6.07, 6.45) is 3.80. The van der Waals surface area contributed by atoms with Crippen LogP contribution in [0.4, 0.5) is 10.5 Å². The molecule has 1 aromatic rings. The molecule has 4 rings (SSSR count). The number of benzene rings is 1. The molecule has 0 saturated heterocycles. The number of fused-ring (bicyclic) bond motifs is 3. The second-order valence-electron chi connectivity index (χ2n) is 8.02. The Hall–Kier alpha value is -1.81. The number of aliphatic hydroxyl groups is 1. The maximum atomic E-state index is 13.0. The van der Waals surface area contributed by atoms with E-state index in [0.29, 0.717) is 6.42 Å². The van der Waals surface area contributed by atoms with Crippen LogP contribution in [0.2, 0.25) is 0 Å². The monoisotopic (exact) mass is 313 g/mol. The molecule has 1 spiro atoms. The topological polar surface area (TPSA) is 49.8 Å². The number of hydrogen-bond acceptors (Lipinski definition) is 3. The van der Waals surface area contributed by atoms with Crippen LogP contribution in [0.25, 0.3) is 0 Å². The second kappa shape index (κ2) is 4.18. The van der Waals surface area contributed by atoms with Gasteiger partial charge in [-0.2, -0.15) is 0 Å². The van der Waals surface area contributed by atoms with Crippen LogP contribution in [0.3, 0.4) is 0 Å². The van der Waals surface area contributed by atoms with Crippen LogP contribution < -0.4 is 4.90 Å². The lowest BCUT2D eigenvalue weighted by atomic mass is 9.92. The Labute approximate surface area is 136 Å². The van der Waals surface area contributed by atoms with Crippen LogP contribution in [0.5, 0.6) is 0 Å². The molecular formula is C19H23NO3. The number of amides is 1. The van der Waals surface area contributed by atoms with Gasteiger partial charge < -0.3 is 9.84 Å². The van der Waals surface area contributed by atoms with Gasteiger partial charge in [0.2, 0.25) is 0 Å². The molecule has 1 N–H and O–H groups in total. The zero-order chi connectivity index (χ0) is 16.6. The zero-order valence-electron chi connectivity index (χ0n) is 14.0. The first-order valence-electron chi connectivity index (χ1n) is 8.22. The van der Waals surface area contributed by atoms with Crippen molar-refractivity contribution in [2.75, 3.05) is 4.90 Å². The van der Waals surface area contributed by atoms with Crippen molar-refractivity contribution in [1.82, 2.24) is 0 Å². The molecule has 0 aromatic heterocycles. The minimum atomic E-state index is -0.603. The highest BCUT2D eigenvalue weighted by molar-refractivity contribution is 5.98. The van der Waals surface area contributed by atoms with Crippen LogP contribution in [0.1, 0.15) is 39.7 Å². The van der Waals surface area contributed by atoms with E-state index in [4.69, 9.17) is 4.74 Å². The Morgan fingerprint density at radius 2 is 2.04 bits per heavy atom. The SMILES string of the molecule is CC(C)(C)OC(=O)N1c2ccccc2[C@@]2(C)[C@@H]3C=CC[C@@H](O)[C@]312. The third-order valence-electron chi connectivity index (χ3n) is 5.69. The average Bonchev–Trinajstić information content (AvgIpc) is 2.92. The maximum absolute atomic E-state index is 13.0. The van der Waals surface area contributed by atoms with Crippen molar-refractivity contribution in [3.05, 3.63) is 42.0 Å². The molecule has 0 radical (unpaired) electrons. The molecule has 1 aromatic carbocycles. The lowest BCUT2D eigenvalue weighted by Gasteiger charge is -2.36. The molecule has 1 amide bonds. The van der Waals surface area contributed by atoms with Gasteiger partial charge in [-0.25, -0.2) is 4.79 Å². The number of carbonyl (C=O) groups is 1. The Bertz CT molecular complexity index is 720. The summed E-state index contributed by atoms with van der Waals surface area (Å²) in [6.45, 7) is 7.75. The Kier molecular flexibility index (Phi) is 2.68. The third kappa shape index (κ3) is 1.57. The minimum absolute atomic E-state index is 0.140. The van der Waals surface area contributed by atoms with Gasteiger partial charge in [0.15, 0.2) is 0 Å². The molecule has 4 atom stereocenters. The molecule has 1 aliphatic heterocycles. The molecule has 3 aliphatic rings. The second-order valence-corrected chi connectivity index (χ2v) is 8.02. The highest BCUT2D eigenvalue weighted by atomic mass is 16.6. The van der Waals surface area contributed by atoms with Gasteiger partial charge in [-0.05, 0) is 38.8 Å². The van der Waals surface area contributed by atoms with Crippen LogP contribution in [-0.2, 0) is 10.2 Å². The van der Waals surface area contributed by atoms with E-state index in [2.05, 4.69) is 19.1 Å². The molecular weight excluding hydrogens is 290 g/mol. The summed E-state index contributed by atoms with van der Waals surface area (Å²) >= 11 is 0. The fraction of sp³-hybridized carbons (Fsp3) is 0.526. The lowest BCUT2D eigenvalue weighted by molar-refractivity contribution is 0.0476. The van der Waals surface area contributed by atoms with Gasteiger partial charge in [-0.1, -0.05) is 37.3 Å². The molecule has 1 saturated carbocycles. The lowest BCUT2D eigenvalue weighted by Crippen LogP contribution is -2.53. The van der Waals surface area contributed by atoms with E-state index in [1.807, 2.05) is 45.0 Å². The van der Waals surface area contributed by atoms with Gasteiger partial charge in [-0.15, -0.1) is 0 Å². The van der Waals surface area contributed by atoms with Crippen molar-refractivity contribution in [2.45, 2.75) is 56.8 Å². The average molecular weight is 313 g/mol. The van der Waals surface area contributed by atoms with E-state index in [-0.39, 0.29) is 17.4 Å². The fourth-order valence-electron chi connectivity index (χ4n) is 4.85. The van der Waals surface area contributed by atoms with E-state index in [1.54, 1.807) is 4.90 Å². The van der Waals surface area contributed by atoms with Crippen molar-refractivity contribution in [3.63, 3.8) is 0 Å². The number of aliphatic hydroxyl groups excluding tert-OH is 1.